The third-order valence-electron chi connectivity index (χ3n) is 6.67. The molecule has 3 rings (SSSR count). The van der Waals surface area contributed by atoms with E-state index in [9.17, 15) is 9.18 Å². The molecule has 0 spiro atoms. The first-order valence-corrected chi connectivity index (χ1v) is 13.6. The SMILES string of the molecule is COc1ccc(Br)cc1CCc1c(F)cccc1C(=O)NC(=N)NCCCCN(C)[C@H](C)c1ccccc1. The van der Waals surface area contributed by atoms with Crippen molar-refractivity contribution in [1.82, 2.24) is 15.5 Å². The van der Waals surface area contributed by atoms with Crippen LogP contribution in [0.2, 0.25) is 0 Å². The van der Waals surface area contributed by atoms with E-state index in [1.807, 2.05) is 24.3 Å². The highest BCUT2D eigenvalue weighted by atomic mass is 79.9. The predicted octanol–water partition coefficient (Wildman–Crippen LogP) is 6.11. The number of carbonyl (C=O) groups is 1. The molecule has 0 bridgehead atoms. The van der Waals surface area contributed by atoms with Gasteiger partial charge in [-0.25, -0.2) is 4.39 Å². The molecular weight excluding hydrogens is 547 g/mol. The summed E-state index contributed by atoms with van der Waals surface area (Å²) in [4.78, 5) is 15.2. The van der Waals surface area contributed by atoms with Gasteiger partial charge in [-0.1, -0.05) is 52.3 Å². The van der Waals surface area contributed by atoms with E-state index >= 15 is 0 Å². The Kier molecular flexibility index (Phi) is 11.3. The second kappa shape index (κ2) is 14.6. The summed E-state index contributed by atoms with van der Waals surface area (Å²) in [6, 6.07) is 20.8. The van der Waals surface area contributed by atoms with E-state index in [4.69, 9.17) is 10.1 Å². The van der Waals surface area contributed by atoms with Gasteiger partial charge in [0, 0.05) is 28.2 Å². The maximum absolute atomic E-state index is 14.7. The molecule has 6 nitrogen and oxygen atoms in total. The van der Waals surface area contributed by atoms with Crippen LogP contribution in [0.3, 0.4) is 0 Å². The molecule has 0 aliphatic carbocycles. The number of hydrogen-bond acceptors (Lipinski definition) is 4. The highest BCUT2D eigenvalue weighted by molar-refractivity contribution is 9.10. The Bertz CT molecular complexity index is 1220. The topological polar surface area (TPSA) is 77.4 Å². The normalized spacial score (nSPS) is 11.7. The summed E-state index contributed by atoms with van der Waals surface area (Å²) in [5, 5.41) is 13.6. The Morgan fingerprint density at radius 3 is 2.58 bits per heavy atom. The van der Waals surface area contributed by atoms with Crippen LogP contribution in [0.4, 0.5) is 4.39 Å². The first-order valence-electron chi connectivity index (χ1n) is 12.8. The van der Waals surface area contributed by atoms with E-state index in [0.717, 1.165) is 29.4 Å². The zero-order valence-electron chi connectivity index (χ0n) is 22.2. The molecule has 0 saturated carbocycles. The molecule has 0 fully saturated rings. The standard InChI is InChI=1S/C30H36BrFN4O2/c1-21(22-10-5-4-6-11-22)36(2)19-8-7-18-34-30(33)35-29(37)26-12-9-13-27(32)25(26)16-14-23-20-24(31)15-17-28(23)38-3/h4-6,9-13,15,17,20-21H,7-8,14,16,18-19H2,1-3H3,(H3,33,34,35,37)/t21-/m1/s1. The molecule has 3 aromatic rings. The molecule has 1 amide bonds. The maximum atomic E-state index is 14.7. The minimum absolute atomic E-state index is 0.0927. The molecule has 0 aromatic heterocycles. The van der Waals surface area contributed by atoms with Gasteiger partial charge in [-0.05, 0) is 87.7 Å². The minimum atomic E-state index is -0.505. The molecule has 0 unspecified atom stereocenters. The molecule has 202 valence electrons. The Balaban J connectivity index is 1.48. The lowest BCUT2D eigenvalue weighted by Crippen LogP contribution is -2.41. The van der Waals surface area contributed by atoms with Gasteiger partial charge in [-0.15, -0.1) is 0 Å². The van der Waals surface area contributed by atoms with Crippen molar-refractivity contribution in [2.24, 2.45) is 0 Å². The van der Waals surface area contributed by atoms with Crippen molar-refractivity contribution in [2.45, 2.75) is 38.6 Å². The number of halogens is 2. The van der Waals surface area contributed by atoms with Gasteiger partial charge in [0.2, 0.25) is 0 Å². The number of nitrogens with zero attached hydrogens (tertiary/aromatic N) is 1. The van der Waals surface area contributed by atoms with Crippen LogP contribution in [0.5, 0.6) is 5.75 Å². The molecular formula is C30H36BrFN4O2. The highest BCUT2D eigenvalue weighted by Crippen LogP contribution is 2.26. The van der Waals surface area contributed by atoms with Crippen LogP contribution in [0.15, 0.2) is 71.2 Å². The number of guanidine groups is 1. The molecule has 0 aliphatic rings. The second-order valence-corrected chi connectivity index (χ2v) is 10.2. The van der Waals surface area contributed by atoms with E-state index < -0.39 is 11.7 Å². The number of benzene rings is 3. The molecule has 1 atom stereocenters. The molecule has 8 heteroatoms. The lowest BCUT2D eigenvalue weighted by Gasteiger charge is -2.25. The van der Waals surface area contributed by atoms with Crippen LogP contribution >= 0.6 is 15.9 Å². The number of carbonyl (C=O) groups excluding carboxylic acids is 1. The van der Waals surface area contributed by atoms with Crippen LogP contribution in [-0.4, -0.2) is 44.0 Å². The molecule has 0 heterocycles. The van der Waals surface area contributed by atoms with Gasteiger partial charge in [0.15, 0.2) is 5.96 Å². The third-order valence-corrected chi connectivity index (χ3v) is 7.16. The number of unbranched alkanes of at least 4 members (excludes halogenated alkanes) is 1. The van der Waals surface area contributed by atoms with Crippen molar-refractivity contribution >= 4 is 27.8 Å². The van der Waals surface area contributed by atoms with E-state index in [2.05, 4.69) is 69.7 Å². The summed E-state index contributed by atoms with van der Waals surface area (Å²) in [6.07, 6.45) is 2.62. The zero-order valence-corrected chi connectivity index (χ0v) is 23.8. The minimum Gasteiger partial charge on any atom is -0.496 e. The summed E-state index contributed by atoms with van der Waals surface area (Å²) < 4.78 is 21.1. The van der Waals surface area contributed by atoms with Gasteiger partial charge in [0.05, 0.1) is 7.11 Å². The Hall–Kier alpha value is -3.23. The average molecular weight is 584 g/mol. The maximum Gasteiger partial charge on any atom is 0.258 e. The average Bonchev–Trinajstić information content (AvgIpc) is 2.92. The molecule has 38 heavy (non-hydrogen) atoms. The van der Waals surface area contributed by atoms with Gasteiger partial charge in [-0.3, -0.25) is 20.4 Å². The van der Waals surface area contributed by atoms with E-state index in [0.29, 0.717) is 36.7 Å². The van der Waals surface area contributed by atoms with Crippen LogP contribution in [0.25, 0.3) is 0 Å². The predicted molar refractivity (Wildman–Crippen MR) is 154 cm³/mol. The fourth-order valence-corrected chi connectivity index (χ4v) is 4.74. The first-order chi connectivity index (χ1) is 18.3. The number of methoxy groups -OCH3 is 1. The lowest BCUT2D eigenvalue weighted by molar-refractivity contribution is 0.0974. The number of amides is 1. The van der Waals surface area contributed by atoms with Crippen LogP contribution < -0.4 is 15.4 Å². The Morgan fingerprint density at radius 1 is 1.08 bits per heavy atom. The first kappa shape index (κ1) is 29.3. The molecule has 3 aromatic carbocycles. The van der Waals surface area contributed by atoms with Crippen LogP contribution in [0.1, 0.15) is 52.9 Å². The highest BCUT2D eigenvalue weighted by Gasteiger charge is 2.17. The fraction of sp³-hybridized carbons (Fsp3) is 0.333. The quantitative estimate of drug-likeness (QED) is 0.137. The largest absolute Gasteiger partial charge is 0.496 e. The van der Waals surface area contributed by atoms with Crippen LogP contribution in [0, 0.1) is 11.2 Å². The van der Waals surface area contributed by atoms with E-state index in [1.165, 1.54) is 17.7 Å². The lowest BCUT2D eigenvalue weighted by atomic mass is 9.98. The van der Waals surface area contributed by atoms with Crippen molar-refractivity contribution < 1.29 is 13.9 Å². The summed E-state index contributed by atoms with van der Waals surface area (Å²) >= 11 is 3.46. The zero-order chi connectivity index (χ0) is 27.5. The van der Waals surface area contributed by atoms with Crippen molar-refractivity contribution in [2.75, 3.05) is 27.2 Å². The van der Waals surface area contributed by atoms with Crippen molar-refractivity contribution in [1.29, 1.82) is 5.41 Å². The smallest absolute Gasteiger partial charge is 0.258 e. The van der Waals surface area contributed by atoms with E-state index in [1.54, 1.807) is 13.2 Å². The summed E-state index contributed by atoms with van der Waals surface area (Å²) in [6.45, 7) is 3.67. The molecule has 0 saturated heterocycles. The van der Waals surface area contributed by atoms with Gasteiger partial charge >= 0.3 is 0 Å². The fourth-order valence-electron chi connectivity index (χ4n) is 4.33. The van der Waals surface area contributed by atoms with Crippen molar-refractivity contribution in [3.63, 3.8) is 0 Å². The van der Waals surface area contributed by atoms with Crippen molar-refractivity contribution in [3.8, 4) is 5.75 Å². The third kappa shape index (κ3) is 8.39. The van der Waals surface area contributed by atoms with E-state index in [-0.39, 0.29) is 11.5 Å². The monoisotopic (exact) mass is 582 g/mol. The summed E-state index contributed by atoms with van der Waals surface area (Å²) in [5.41, 5.74) is 2.73. The number of hydrogen-bond donors (Lipinski definition) is 3. The summed E-state index contributed by atoms with van der Waals surface area (Å²) in [5.74, 6) is -0.332. The number of aryl methyl sites for hydroxylation is 1. The van der Waals surface area contributed by atoms with Crippen LogP contribution in [-0.2, 0) is 12.8 Å². The Morgan fingerprint density at radius 2 is 1.84 bits per heavy atom. The number of ether oxygens (including phenoxy) is 1. The second-order valence-electron chi connectivity index (χ2n) is 9.25. The Labute approximate surface area is 233 Å². The van der Waals surface area contributed by atoms with Gasteiger partial charge in [-0.2, -0.15) is 0 Å². The van der Waals surface area contributed by atoms with Crippen molar-refractivity contribution in [3.05, 3.63) is 99.3 Å². The molecule has 3 N–H and O–H groups in total. The molecule has 0 radical (unpaired) electrons. The molecule has 0 aliphatic heterocycles. The van der Waals surface area contributed by atoms with Gasteiger partial charge < -0.3 is 10.1 Å². The van der Waals surface area contributed by atoms with Gasteiger partial charge in [0.1, 0.15) is 11.6 Å². The van der Waals surface area contributed by atoms with Gasteiger partial charge in [0.25, 0.3) is 5.91 Å². The number of nitrogens with one attached hydrogen (secondary N) is 3. The number of rotatable bonds is 12. The summed E-state index contributed by atoms with van der Waals surface area (Å²) in [7, 11) is 3.70.